The van der Waals surface area contributed by atoms with Gasteiger partial charge in [-0.3, -0.25) is 14.4 Å². The molecule has 0 N–H and O–H groups in total. The molecule has 2 aromatic rings. The average Bonchev–Trinajstić information content (AvgIpc) is 2.75. The first kappa shape index (κ1) is 18.2. The number of nitrogens with zero attached hydrogens (tertiary/aromatic N) is 4. The molecule has 5 nitrogen and oxygen atoms in total. The molecule has 0 aliphatic heterocycles. The van der Waals surface area contributed by atoms with Crippen LogP contribution in [0.2, 0.25) is 0 Å². The summed E-state index contributed by atoms with van der Waals surface area (Å²) in [4.78, 5) is 16.9. The zero-order valence-corrected chi connectivity index (χ0v) is 15.8. The lowest BCUT2D eigenvalue weighted by atomic mass is 9.99. The molecule has 1 aromatic carbocycles. The van der Waals surface area contributed by atoms with Crippen LogP contribution in [-0.2, 0) is 18.4 Å². The van der Waals surface area contributed by atoms with Crippen LogP contribution in [0.4, 0.5) is 0 Å². The van der Waals surface area contributed by atoms with E-state index in [0.717, 1.165) is 28.1 Å². The second kappa shape index (κ2) is 7.18. The molecule has 24 heavy (non-hydrogen) atoms. The topological polar surface area (TPSA) is 41.4 Å². The summed E-state index contributed by atoms with van der Waals surface area (Å²) in [5.41, 5.74) is 5.39. The Labute approximate surface area is 144 Å². The van der Waals surface area contributed by atoms with Crippen molar-refractivity contribution in [3.05, 3.63) is 52.3 Å². The normalized spacial score (nSPS) is 12.5. The molecule has 0 unspecified atom stereocenters. The summed E-state index contributed by atoms with van der Waals surface area (Å²) in [7, 11) is 7.69. The van der Waals surface area contributed by atoms with E-state index in [1.54, 1.807) is 4.90 Å². The number of hydrogen-bond donors (Lipinski definition) is 0. The van der Waals surface area contributed by atoms with Gasteiger partial charge >= 0.3 is 0 Å². The third kappa shape index (κ3) is 3.51. The number of aromatic nitrogens is 2. The lowest BCUT2D eigenvalue weighted by molar-refractivity contribution is -0.135. The summed E-state index contributed by atoms with van der Waals surface area (Å²) in [6, 6.07) is 7.79. The Balaban J connectivity index is 2.28. The quantitative estimate of drug-likeness (QED) is 0.847. The number of carbonyl (C=O) groups is 1. The van der Waals surface area contributed by atoms with Gasteiger partial charge < -0.3 is 4.90 Å². The van der Waals surface area contributed by atoms with Gasteiger partial charge in [0.25, 0.3) is 0 Å². The van der Waals surface area contributed by atoms with E-state index in [9.17, 15) is 4.79 Å². The zero-order chi connectivity index (χ0) is 18.0. The van der Waals surface area contributed by atoms with Crippen molar-refractivity contribution in [2.75, 3.05) is 21.1 Å². The van der Waals surface area contributed by atoms with Gasteiger partial charge in [-0.2, -0.15) is 5.10 Å². The SMILES string of the molecule is Cc1ccccc1[C@@H](C(=O)N(C)Cc1c(C)nn(C)c1C)N(C)C. The third-order valence-electron chi connectivity index (χ3n) is 4.66. The summed E-state index contributed by atoms with van der Waals surface area (Å²) in [6.07, 6.45) is 0. The molecular formula is C19H28N4O. The van der Waals surface area contributed by atoms with Crippen LogP contribution in [-0.4, -0.2) is 46.6 Å². The van der Waals surface area contributed by atoms with Gasteiger partial charge in [0, 0.05) is 31.9 Å². The number of benzene rings is 1. The van der Waals surface area contributed by atoms with Crippen molar-refractivity contribution in [1.82, 2.24) is 19.6 Å². The second-order valence-corrected chi connectivity index (χ2v) is 6.69. The maximum absolute atomic E-state index is 13.1. The Kier molecular flexibility index (Phi) is 5.44. The second-order valence-electron chi connectivity index (χ2n) is 6.69. The highest BCUT2D eigenvalue weighted by atomic mass is 16.2. The van der Waals surface area contributed by atoms with Crippen molar-refractivity contribution >= 4 is 5.91 Å². The van der Waals surface area contributed by atoms with Crippen molar-refractivity contribution in [3.8, 4) is 0 Å². The molecule has 1 atom stereocenters. The maximum Gasteiger partial charge on any atom is 0.244 e. The Bertz CT molecular complexity index is 733. The van der Waals surface area contributed by atoms with Gasteiger partial charge in [0.05, 0.1) is 5.69 Å². The minimum absolute atomic E-state index is 0.0944. The molecule has 0 saturated heterocycles. The van der Waals surface area contributed by atoms with Gasteiger partial charge in [0.1, 0.15) is 6.04 Å². The van der Waals surface area contributed by atoms with Gasteiger partial charge in [-0.05, 0) is 46.0 Å². The highest BCUT2D eigenvalue weighted by Crippen LogP contribution is 2.25. The average molecular weight is 328 g/mol. The highest BCUT2D eigenvalue weighted by Gasteiger charge is 2.28. The fraction of sp³-hybridized carbons (Fsp3) is 0.474. The Morgan fingerprint density at radius 1 is 1.17 bits per heavy atom. The lowest BCUT2D eigenvalue weighted by Gasteiger charge is -2.29. The molecule has 0 saturated carbocycles. The van der Waals surface area contributed by atoms with E-state index in [2.05, 4.69) is 18.1 Å². The zero-order valence-electron chi connectivity index (χ0n) is 15.8. The van der Waals surface area contributed by atoms with Crippen LogP contribution in [0.3, 0.4) is 0 Å². The van der Waals surface area contributed by atoms with Crippen LogP contribution >= 0.6 is 0 Å². The van der Waals surface area contributed by atoms with Crippen LogP contribution in [0.1, 0.15) is 34.1 Å². The molecule has 1 heterocycles. The van der Waals surface area contributed by atoms with E-state index in [0.29, 0.717) is 6.54 Å². The van der Waals surface area contributed by atoms with Crippen LogP contribution < -0.4 is 0 Å². The monoisotopic (exact) mass is 328 g/mol. The molecule has 130 valence electrons. The summed E-state index contributed by atoms with van der Waals surface area (Å²) in [5, 5.41) is 4.44. The van der Waals surface area contributed by atoms with Crippen molar-refractivity contribution in [2.45, 2.75) is 33.4 Å². The largest absolute Gasteiger partial charge is 0.340 e. The number of carbonyl (C=O) groups excluding carboxylic acids is 1. The smallest absolute Gasteiger partial charge is 0.244 e. The molecule has 0 radical (unpaired) electrons. The van der Waals surface area contributed by atoms with Gasteiger partial charge in [-0.15, -0.1) is 0 Å². The number of amides is 1. The molecule has 0 spiro atoms. The molecule has 1 amide bonds. The predicted octanol–water partition coefficient (Wildman–Crippen LogP) is 2.61. The molecule has 0 fully saturated rings. The molecule has 1 aromatic heterocycles. The maximum atomic E-state index is 13.1. The Morgan fingerprint density at radius 3 is 2.29 bits per heavy atom. The third-order valence-corrected chi connectivity index (χ3v) is 4.66. The predicted molar refractivity (Wildman–Crippen MR) is 96.8 cm³/mol. The Morgan fingerprint density at radius 2 is 1.79 bits per heavy atom. The van der Waals surface area contributed by atoms with Crippen molar-refractivity contribution in [3.63, 3.8) is 0 Å². The molecule has 5 heteroatoms. The molecule has 2 rings (SSSR count). The highest BCUT2D eigenvalue weighted by molar-refractivity contribution is 5.83. The van der Waals surface area contributed by atoms with Gasteiger partial charge in [0.2, 0.25) is 5.91 Å². The van der Waals surface area contributed by atoms with Gasteiger partial charge in [-0.1, -0.05) is 24.3 Å². The van der Waals surface area contributed by atoms with Gasteiger partial charge in [-0.25, -0.2) is 0 Å². The fourth-order valence-corrected chi connectivity index (χ4v) is 3.10. The summed E-state index contributed by atoms with van der Waals surface area (Å²) < 4.78 is 1.87. The van der Waals surface area contributed by atoms with Crippen LogP contribution in [0.25, 0.3) is 0 Å². The molecule has 0 aliphatic carbocycles. The fourth-order valence-electron chi connectivity index (χ4n) is 3.10. The summed E-state index contributed by atoms with van der Waals surface area (Å²) >= 11 is 0. The molecule has 0 aliphatic rings. The van der Waals surface area contributed by atoms with Crippen LogP contribution in [0, 0.1) is 20.8 Å². The summed E-state index contributed by atoms with van der Waals surface area (Å²) in [6.45, 7) is 6.65. The first-order valence-electron chi connectivity index (χ1n) is 8.20. The van der Waals surface area contributed by atoms with E-state index in [1.165, 1.54) is 0 Å². The minimum atomic E-state index is -0.284. The van der Waals surface area contributed by atoms with E-state index in [1.807, 2.05) is 69.8 Å². The van der Waals surface area contributed by atoms with E-state index >= 15 is 0 Å². The number of hydrogen-bond acceptors (Lipinski definition) is 3. The van der Waals surface area contributed by atoms with Crippen molar-refractivity contribution in [2.24, 2.45) is 7.05 Å². The van der Waals surface area contributed by atoms with E-state index < -0.39 is 0 Å². The minimum Gasteiger partial charge on any atom is -0.340 e. The standard InChI is InChI=1S/C19H28N4O/c1-13-10-8-9-11-16(13)18(21(4)5)19(24)22(6)12-17-14(2)20-23(7)15(17)3/h8-11,18H,12H2,1-7H3/t18-/m0/s1. The molecular weight excluding hydrogens is 300 g/mol. The summed E-state index contributed by atoms with van der Waals surface area (Å²) in [5.74, 6) is 0.0944. The van der Waals surface area contributed by atoms with Crippen molar-refractivity contribution < 1.29 is 4.79 Å². The van der Waals surface area contributed by atoms with Crippen molar-refractivity contribution in [1.29, 1.82) is 0 Å². The van der Waals surface area contributed by atoms with Gasteiger partial charge in [0.15, 0.2) is 0 Å². The van der Waals surface area contributed by atoms with E-state index in [4.69, 9.17) is 0 Å². The number of likely N-dealkylation sites (N-methyl/N-ethyl adjacent to an activating group) is 2. The van der Waals surface area contributed by atoms with Crippen LogP contribution in [0.5, 0.6) is 0 Å². The molecule has 0 bridgehead atoms. The van der Waals surface area contributed by atoms with Crippen LogP contribution in [0.15, 0.2) is 24.3 Å². The first-order valence-corrected chi connectivity index (χ1v) is 8.20. The lowest BCUT2D eigenvalue weighted by Crippen LogP contribution is -2.38. The van der Waals surface area contributed by atoms with E-state index in [-0.39, 0.29) is 11.9 Å². The number of aryl methyl sites for hydroxylation is 3. The first-order chi connectivity index (χ1) is 11.2. The number of rotatable bonds is 5. The Hall–Kier alpha value is -2.14.